The van der Waals surface area contributed by atoms with E-state index in [9.17, 15) is 0 Å². The first kappa shape index (κ1) is 20.7. The van der Waals surface area contributed by atoms with Gasteiger partial charge < -0.3 is 15.8 Å². The molecule has 3 N–H and O–H groups in total. The van der Waals surface area contributed by atoms with Crippen molar-refractivity contribution < 1.29 is 4.74 Å². The third kappa shape index (κ3) is 4.59. The van der Waals surface area contributed by atoms with E-state index in [2.05, 4.69) is 46.1 Å². The van der Waals surface area contributed by atoms with Crippen molar-refractivity contribution >= 4 is 39.0 Å². The molecule has 0 amide bonds. The van der Waals surface area contributed by atoms with Crippen molar-refractivity contribution in [2.45, 2.75) is 18.9 Å². The van der Waals surface area contributed by atoms with Gasteiger partial charge >= 0.3 is 0 Å². The molecule has 0 saturated carbocycles. The average Bonchev–Trinajstić information content (AvgIpc) is 3.19. The lowest BCUT2D eigenvalue weighted by Gasteiger charge is -2.18. The molecule has 1 aromatic heterocycles. The number of nitrogens with zero attached hydrogens (tertiary/aromatic N) is 1. The van der Waals surface area contributed by atoms with Crippen LogP contribution in [0.15, 0.2) is 66.7 Å². The van der Waals surface area contributed by atoms with Crippen molar-refractivity contribution in [1.29, 1.82) is 0 Å². The molecule has 0 aliphatic heterocycles. The van der Waals surface area contributed by atoms with E-state index in [1.54, 1.807) is 7.11 Å². The molecular weight excluding hydrogens is 414 g/mol. The van der Waals surface area contributed by atoms with Gasteiger partial charge in [-0.1, -0.05) is 54.1 Å². The van der Waals surface area contributed by atoms with Crippen molar-refractivity contribution in [3.05, 3.63) is 77.3 Å². The highest BCUT2D eigenvalue weighted by Crippen LogP contribution is 2.33. The predicted octanol–water partition coefficient (Wildman–Crippen LogP) is 6.00. The van der Waals surface area contributed by atoms with Gasteiger partial charge in [0.2, 0.25) is 0 Å². The van der Waals surface area contributed by atoms with Gasteiger partial charge in [0.05, 0.1) is 22.2 Å². The van der Waals surface area contributed by atoms with Crippen LogP contribution in [0.3, 0.4) is 0 Å². The number of anilines is 1. The minimum Gasteiger partial charge on any atom is -0.497 e. The van der Waals surface area contributed by atoms with E-state index in [0.717, 1.165) is 39.5 Å². The largest absolute Gasteiger partial charge is 0.497 e. The zero-order valence-electron chi connectivity index (χ0n) is 16.8. The average molecular weight is 438 g/mol. The second kappa shape index (κ2) is 9.47. The lowest BCUT2D eigenvalue weighted by atomic mass is 9.99. The van der Waals surface area contributed by atoms with Crippen LogP contribution >= 0.6 is 23.1 Å². The molecular formula is C24H24ClN3OS. The summed E-state index contributed by atoms with van der Waals surface area (Å²) in [5.74, 6) is 1.70. The van der Waals surface area contributed by atoms with Crippen molar-refractivity contribution in [2.24, 2.45) is 5.73 Å². The number of ether oxygens (including phenoxy) is 1. The fourth-order valence-electron chi connectivity index (χ4n) is 3.57. The van der Waals surface area contributed by atoms with Gasteiger partial charge in [-0.05, 0) is 71.9 Å². The Morgan fingerprint density at radius 2 is 1.73 bits per heavy atom. The Morgan fingerprint density at radius 1 is 1.03 bits per heavy atom. The van der Waals surface area contributed by atoms with Crippen LogP contribution in [0.5, 0.6) is 5.75 Å². The van der Waals surface area contributed by atoms with Crippen molar-refractivity contribution in [2.75, 3.05) is 19.0 Å². The maximum atomic E-state index is 6.41. The van der Waals surface area contributed by atoms with Gasteiger partial charge in [-0.15, -0.1) is 0 Å². The first-order valence-corrected chi connectivity index (χ1v) is 11.1. The Kier molecular flexibility index (Phi) is 6.53. The molecule has 30 heavy (non-hydrogen) atoms. The van der Waals surface area contributed by atoms with Crippen LogP contribution in [0.1, 0.15) is 12.0 Å². The summed E-state index contributed by atoms with van der Waals surface area (Å²) in [5, 5.41) is 5.28. The normalized spacial score (nSPS) is 12.1. The molecule has 4 nitrogen and oxygen atoms in total. The fourth-order valence-corrected chi connectivity index (χ4v) is 4.66. The fraction of sp³-hybridized carbons (Fsp3) is 0.208. The Balaban J connectivity index is 1.50. The van der Waals surface area contributed by atoms with Gasteiger partial charge in [0.25, 0.3) is 0 Å². The highest BCUT2D eigenvalue weighted by molar-refractivity contribution is 7.13. The number of halogens is 1. The number of nitrogens with one attached hydrogen (secondary N) is 1. The first-order chi connectivity index (χ1) is 14.7. The van der Waals surface area contributed by atoms with Crippen LogP contribution in [0, 0.1) is 0 Å². The summed E-state index contributed by atoms with van der Waals surface area (Å²) < 4.78 is 10.9. The van der Waals surface area contributed by atoms with Crippen LogP contribution in [0.4, 0.5) is 5.82 Å². The van der Waals surface area contributed by atoms with Crippen molar-refractivity contribution in [3.63, 3.8) is 0 Å². The van der Waals surface area contributed by atoms with Crippen LogP contribution in [-0.2, 0) is 6.42 Å². The molecule has 4 aromatic rings. The summed E-state index contributed by atoms with van der Waals surface area (Å²) in [5.41, 5.74) is 9.49. The van der Waals surface area contributed by atoms with E-state index in [4.69, 9.17) is 22.1 Å². The second-order valence-electron chi connectivity index (χ2n) is 7.19. The molecule has 3 aromatic carbocycles. The zero-order valence-corrected chi connectivity index (χ0v) is 18.3. The van der Waals surface area contributed by atoms with Gasteiger partial charge in [0.15, 0.2) is 0 Å². The molecule has 0 spiro atoms. The van der Waals surface area contributed by atoms with E-state index in [0.29, 0.717) is 6.54 Å². The zero-order chi connectivity index (χ0) is 20.9. The topological polar surface area (TPSA) is 60.2 Å². The summed E-state index contributed by atoms with van der Waals surface area (Å²) in [6, 6.07) is 22.9. The summed E-state index contributed by atoms with van der Waals surface area (Å²) >= 11 is 7.87. The standard InChI is InChI=1S/C24H24ClN3OS/c1-29-20-11-9-18(10-12-20)17-7-5-16(6-8-17)15-19(13-14-26)27-24-23-21(25)3-2-4-22(23)30-28-24/h2-12,19H,13-15,26H2,1H3,(H,27,28). The SMILES string of the molecule is COc1ccc(-c2ccc(CC(CCN)Nc3nsc4cccc(Cl)c34)cc2)cc1. The van der Waals surface area contributed by atoms with Crippen LogP contribution in [-0.4, -0.2) is 24.1 Å². The Bertz CT molecular complexity index is 1110. The molecule has 0 radical (unpaired) electrons. The number of hydrogen-bond donors (Lipinski definition) is 2. The second-order valence-corrected chi connectivity index (χ2v) is 8.40. The monoisotopic (exact) mass is 437 g/mol. The molecule has 154 valence electrons. The number of aromatic nitrogens is 1. The van der Waals surface area contributed by atoms with Crippen LogP contribution < -0.4 is 15.8 Å². The number of methoxy groups -OCH3 is 1. The predicted molar refractivity (Wildman–Crippen MR) is 128 cm³/mol. The van der Waals surface area contributed by atoms with E-state index in [-0.39, 0.29) is 6.04 Å². The first-order valence-electron chi connectivity index (χ1n) is 9.92. The number of rotatable bonds is 8. The molecule has 6 heteroatoms. The van der Waals surface area contributed by atoms with Gasteiger partial charge in [-0.3, -0.25) is 0 Å². The van der Waals surface area contributed by atoms with E-state index in [1.165, 1.54) is 28.2 Å². The number of benzene rings is 3. The molecule has 1 heterocycles. The Hall–Kier alpha value is -2.60. The molecule has 0 fully saturated rings. The molecule has 4 rings (SSSR count). The van der Waals surface area contributed by atoms with Gasteiger partial charge in [0, 0.05) is 6.04 Å². The lowest BCUT2D eigenvalue weighted by molar-refractivity contribution is 0.415. The summed E-state index contributed by atoms with van der Waals surface area (Å²) in [7, 11) is 1.68. The van der Waals surface area contributed by atoms with Gasteiger partial charge in [0.1, 0.15) is 11.6 Å². The van der Waals surface area contributed by atoms with Gasteiger partial charge in [-0.25, -0.2) is 0 Å². The maximum absolute atomic E-state index is 6.41. The maximum Gasteiger partial charge on any atom is 0.149 e. The molecule has 0 saturated heterocycles. The van der Waals surface area contributed by atoms with E-state index in [1.807, 2.05) is 30.3 Å². The minimum absolute atomic E-state index is 0.184. The number of nitrogens with two attached hydrogens (primary N) is 1. The number of fused-ring (bicyclic) bond motifs is 1. The molecule has 0 bridgehead atoms. The highest BCUT2D eigenvalue weighted by Gasteiger charge is 2.15. The van der Waals surface area contributed by atoms with E-state index < -0.39 is 0 Å². The van der Waals surface area contributed by atoms with Crippen molar-refractivity contribution in [3.8, 4) is 16.9 Å². The summed E-state index contributed by atoms with van der Waals surface area (Å²) in [4.78, 5) is 0. The third-order valence-electron chi connectivity index (χ3n) is 5.16. The third-order valence-corrected chi connectivity index (χ3v) is 6.29. The van der Waals surface area contributed by atoms with E-state index >= 15 is 0 Å². The quantitative estimate of drug-likeness (QED) is 0.355. The molecule has 0 aliphatic carbocycles. The smallest absolute Gasteiger partial charge is 0.149 e. The van der Waals surface area contributed by atoms with Crippen LogP contribution in [0.25, 0.3) is 21.2 Å². The van der Waals surface area contributed by atoms with Gasteiger partial charge in [-0.2, -0.15) is 4.37 Å². The molecule has 0 aliphatic rings. The Morgan fingerprint density at radius 3 is 2.40 bits per heavy atom. The number of hydrogen-bond acceptors (Lipinski definition) is 5. The van der Waals surface area contributed by atoms with Crippen molar-refractivity contribution in [1.82, 2.24) is 4.37 Å². The minimum atomic E-state index is 0.184. The van der Waals surface area contributed by atoms with Crippen LogP contribution in [0.2, 0.25) is 5.02 Å². The molecule has 1 unspecified atom stereocenters. The lowest BCUT2D eigenvalue weighted by Crippen LogP contribution is -2.25. The highest BCUT2D eigenvalue weighted by atomic mass is 35.5. The Labute approximate surface area is 185 Å². The summed E-state index contributed by atoms with van der Waals surface area (Å²) in [6.07, 6.45) is 1.72. The molecule has 1 atom stereocenters. The summed E-state index contributed by atoms with van der Waals surface area (Å²) in [6.45, 7) is 0.609.